The van der Waals surface area contributed by atoms with Gasteiger partial charge < -0.3 is 5.73 Å². The van der Waals surface area contributed by atoms with Crippen LogP contribution >= 0.6 is 0 Å². The summed E-state index contributed by atoms with van der Waals surface area (Å²) in [6.07, 6.45) is -4.48. The molecule has 3 N–H and O–H groups in total. The number of amides is 1. The van der Waals surface area contributed by atoms with Crippen LogP contribution in [0, 0.1) is 0 Å². The van der Waals surface area contributed by atoms with Crippen LogP contribution in [0.5, 0.6) is 0 Å². The van der Waals surface area contributed by atoms with E-state index in [9.17, 15) is 18.0 Å². The van der Waals surface area contributed by atoms with E-state index in [4.69, 9.17) is 5.73 Å². The summed E-state index contributed by atoms with van der Waals surface area (Å²) < 4.78 is 38.4. The first-order valence-corrected chi connectivity index (χ1v) is 4.99. The largest absolute Gasteiger partial charge is 0.407 e. The average Bonchev–Trinajstić information content (AvgIpc) is 2.25. The molecule has 17 heavy (non-hydrogen) atoms. The molecule has 0 spiro atoms. The molecule has 0 bridgehead atoms. The zero-order chi connectivity index (χ0) is 13.1. The fraction of sp³-hybridized carbons (Fsp3) is 0.364. The molecule has 0 aliphatic carbocycles. The van der Waals surface area contributed by atoms with Crippen LogP contribution in [0.15, 0.2) is 30.3 Å². The van der Waals surface area contributed by atoms with E-state index in [2.05, 4.69) is 5.32 Å². The van der Waals surface area contributed by atoms with E-state index in [1.54, 1.807) is 6.07 Å². The third kappa shape index (κ3) is 3.74. The molecule has 3 nitrogen and oxygen atoms in total. The molecule has 2 atom stereocenters. The summed E-state index contributed by atoms with van der Waals surface area (Å²) in [5.74, 6) is -0.824. The summed E-state index contributed by atoms with van der Waals surface area (Å²) >= 11 is 0. The van der Waals surface area contributed by atoms with Crippen LogP contribution in [-0.4, -0.2) is 18.1 Å². The van der Waals surface area contributed by atoms with E-state index in [1.165, 1.54) is 31.2 Å². The Morgan fingerprint density at radius 1 is 1.29 bits per heavy atom. The van der Waals surface area contributed by atoms with Gasteiger partial charge in [-0.25, -0.2) is 0 Å². The van der Waals surface area contributed by atoms with Gasteiger partial charge in [-0.3, -0.25) is 10.1 Å². The molecular formula is C11H13F3N2O. The Morgan fingerprint density at radius 3 is 2.24 bits per heavy atom. The molecule has 94 valence electrons. The van der Waals surface area contributed by atoms with E-state index in [-0.39, 0.29) is 5.56 Å². The predicted molar refractivity (Wildman–Crippen MR) is 57.0 cm³/mol. The summed E-state index contributed by atoms with van der Waals surface area (Å²) in [5, 5.41) is 2.17. The molecule has 1 aromatic carbocycles. The van der Waals surface area contributed by atoms with Gasteiger partial charge in [0, 0.05) is 0 Å². The standard InChI is InChI=1S/C11H13F3N2O/c1-7(10(15)17)16-9(11(12,13)14)8-5-3-2-4-6-8/h2-7,9,16H,1H3,(H2,15,17)/t7?,9-/m0/s1. The SMILES string of the molecule is CC(N[C@@H](c1ccccc1)C(F)(F)F)C(N)=O. The number of carbonyl (C=O) groups is 1. The molecule has 0 heterocycles. The number of carbonyl (C=O) groups excluding carboxylic acids is 1. The molecule has 0 saturated carbocycles. The Balaban J connectivity index is 2.94. The van der Waals surface area contributed by atoms with Crippen molar-refractivity contribution in [2.45, 2.75) is 25.2 Å². The van der Waals surface area contributed by atoms with Crippen molar-refractivity contribution < 1.29 is 18.0 Å². The smallest absolute Gasteiger partial charge is 0.368 e. The zero-order valence-corrected chi connectivity index (χ0v) is 9.16. The predicted octanol–water partition coefficient (Wildman–Crippen LogP) is 1.75. The number of nitrogens with two attached hydrogens (primary N) is 1. The summed E-state index contributed by atoms with van der Waals surface area (Å²) in [6, 6.07) is 4.37. The lowest BCUT2D eigenvalue weighted by molar-refractivity contribution is -0.160. The van der Waals surface area contributed by atoms with Crippen molar-refractivity contribution in [3.05, 3.63) is 35.9 Å². The lowest BCUT2D eigenvalue weighted by Gasteiger charge is -2.24. The Labute approximate surface area is 96.8 Å². The normalized spacial score (nSPS) is 15.3. The van der Waals surface area contributed by atoms with E-state index >= 15 is 0 Å². The Hall–Kier alpha value is -1.56. The van der Waals surface area contributed by atoms with E-state index in [0.717, 1.165) is 0 Å². The second-order valence-electron chi connectivity index (χ2n) is 3.68. The molecule has 0 fully saturated rings. The third-order valence-electron chi connectivity index (χ3n) is 2.30. The highest BCUT2D eigenvalue weighted by Gasteiger charge is 2.41. The number of hydrogen-bond acceptors (Lipinski definition) is 2. The zero-order valence-electron chi connectivity index (χ0n) is 9.16. The molecule has 0 aliphatic rings. The number of hydrogen-bond donors (Lipinski definition) is 2. The topological polar surface area (TPSA) is 55.1 Å². The Morgan fingerprint density at radius 2 is 1.82 bits per heavy atom. The molecule has 0 aliphatic heterocycles. The maximum Gasteiger partial charge on any atom is 0.407 e. The van der Waals surface area contributed by atoms with Crippen LogP contribution < -0.4 is 11.1 Å². The van der Waals surface area contributed by atoms with Crippen LogP contribution in [0.25, 0.3) is 0 Å². The van der Waals surface area contributed by atoms with Crippen molar-refractivity contribution in [1.29, 1.82) is 0 Å². The average molecular weight is 246 g/mol. The summed E-state index contributed by atoms with van der Waals surface area (Å²) in [7, 11) is 0. The number of nitrogens with one attached hydrogen (secondary N) is 1. The molecule has 0 saturated heterocycles. The van der Waals surface area contributed by atoms with Crippen molar-refractivity contribution in [3.63, 3.8) is 0 Å². The highest BCUT2D eigenvalue weighted by atomic mass is 19.4. The Bertz CT molecular complexity index is 378. The van der Waals surface area contributed by atoms with Gasteiger partial charge in [0.15, 0.2) is 0 Å². The number of benzene rings is 1. The second kappa shape index (κ2) is 5.18. The highest BCUT2D eigenvalue weighted by Crippen LogP contribution is 2.32. The van der Waals surface area contributed by atoms with Gasteiger partial charge >= 0.3 is 6.18 Å². The first-order valence-electron chi connectivity index (χ1n) is 4.99. The molecule has 1 rings (SSSR count). The Kier molecular flexibility index (Phi) is 4.11. The first-order chi connectivity index (χ1) is 7.82. The minimum Gasteiger partial charge on any atom is -0.368 e. The first kappa shape index (κ1) is 13.5. The molecular weight excluding hydrogens is 233 g/mol. The lowest BCUT2D eigenvalue weighted by atomic mass is 10.1. The van der Waals surface area contributed by atoms with E-state index in [1.807, 2.05) is 0 Å². The molecule has 1 unspecified atom stereocenters. The van der Waals surface area contributed by atoms with Crippen LogP contribution in [0.4, 0.5) is 13.2 Å². The van der Waals surface area contributed by atoms with Crippen LogP contribution in [0.3, 0.4) is 0 Å². The molecule has 0 radical (unpaired) electrons. The fourth-order valence-corrected chi connectivity index (χ4v) is 1.36. The van der Waals surface area contributed by atoms with Crippen molar-refractivity contribution in [3.8, 4) is 0 Å². The summed E-state index contributed by atoms with van der Waals surface area (Å²) in [6.45, 7) is 1.30. The maximum absolute atomic E-state index is 12.8. The maximum atomic E-state index is 12.8. The summed E-state index contributed by atoms with van der Waals surface area (Å²) in [4.78, 5) is 10.8. The third-order valence-corrected chi connectivity index (χ3v) is 2.30. The van der Waals surface area contributed by atoms with Gasteiger partial charge in [0.1, 0.15) is 6.04 Å². The number of primary amides is 1. The van der Waals surface area contributed by atoms with Crippen LogP contribution in [0.1, 0.15) is 18.5 Å². The van der Waals surface area contributed by atoms with Crippen molar-refractivity contribution in [2.24, 2.45) is 5.73 Å². The monoisotopic (exact) mass is 246 g/mol. The van der Waals surface area contributed by atoms with Crippen LogP contribution in [-0.2, 0) is 4.79 Å². The number of rotatable bonds is 4. The quantitative estimate of drug-likeness (QED) is 0.850. The van der Waals surface area contributed by atoms with E-state index < -0.39 is 24.2 Å². The van der Waals surface area contributed by atoms with Gasteiger partial charge in [-0.15, -0.1) is 0 Å². The van der Waals surface area contributed by atoms with Gasteiger partial charge in [-0.2, -0.15) is 13.2 Å². The second-order valence-corrected chi connectivity index (χ2v) is 3.68. The lowest BCUT2D eigenvalue weighted by Crippen LogP contribution is -2.45. The molecule has 1 aromatic rings. The number of alkyl halides is 3. The molecule has 6 heteroatoms. The number of halogens is 3. The van der Waals surface area contributed by atoms with Gasteiger partial charge in [0.2, 0.25) is 5.91 Å². The molecule has 0 aromatic heterocycles. The summed E-state index contributed by atoms with van der Waals surface area (Å²) in [5.41, 5.74) is 4.99. The minimum atomic E-state index is -4.48. The van der Waals surface area contributed by atoms with E-state index in [0.29, 0.717) is 0 Å². The molecule has 1 amide bonds. The van der Waals surface area contributed by atoms with Gasteiger partial charge in [0.05, 0.1) is 6.04 Å². The minimum absolute atomic E-state index is 0.0492. The fourth-order valence-electron chi connectivity index (χ4n) is 1.36. The van der Waals surface area contributed by atoms with Crippen LogP contribution in [0.2, 0.25) is 0 Å². The van der Waals surface area contributed by atoms with Crippen molar-refractivity contribution in [2.75, 3.05) is 0 Å². The van der Waals surface area contributed by atoms with Crippen molar-refractivity contribution >= 4 is 5.91 Å². The highest BCUT2D eigenvalue weighted by molar-refractivity contribution is 5.79. The van der Waals surface area contributed by atoms with Gasteiger partial charge in [0.25, 0.3) is 0 Å². The van der Waals surface area contributed by atoms with Gasteiger partial charge in [-0.05, 0) is 12.5 Å². The van der Waals surface area contributed by atoms with Crippen molar-refractivity contribution in [1.82, 2.24) is 5.32 Å². The van der Waals surface area contributed by atoms with Gasteiger partial charge in [-0.1, -0.05) is 30.3 Å².